The van der Waals surface area contributed by atoms with Crippen LogP contribution >= 0.6 is 0 Å². The third kappa shape index (κ3) is 2.96. The second kappa shape index (κ2) is 4.44. The predicted octanol–water partition coefficient (Wildman–Crippen LogP) is 1.91. The molecule has 0 radical (unpaired) electrons. The number of carbonyl (C=O) groups is 2. The van der Waals surface area contributed by atoms with Gasteiger partial charge in [0.1, 0.15) is 0 Å². The van der Waals surface area contributed by atoms with Crippen LogP contribution in [-0.4, -0.2) is 30.2 Å². The smallest absolute Gasteiger partial charge is 0.471 e. The van der Waals surface area contributed by atoms with Crippen LogP contribution in [-0.2, 0) is 4.79 Å². The van der Waals surface area contributed by atoms with Crippen LogP contribution in [0.3, 0.4) is 0 Å². The van der Waals surface area contributed by atoms with E-state index in [0.29, 0.717) is 4.90 Å². The topological polar surface area (TPSA) is 57.6 Å². The maximum Gasteiger partial charge on any atom is 0.471 e. The van der Waals surface area contributed by atoms with Gasteiger partial charge in [0.2, 0.25) is 0 Å². The Balaban J connectivity index is 3.05. The number of carboxylic acids is 1. The number of amides is 1. The summed E-state index contributed by atoms with van der Waals surface area (Å²) in [5, 5.41) is 8.66. The van der Waals surface area contributed by atoms with Crippen molar-refractivity contribution in [3.63, 3.8) is 0 Å². The Bertz CT molecular complexity index is 456. The molecule has 17 heavy (non-hydrogen) atoms. The van der Waals surface area contributed by atoms with Gasteiger partial charge in [0.25, 0.3) is 0 Å². The Labute approximate surface area is 94.3 Å². The molecule has 0 saturated carbocycles. The molecule has 1 amide bonds. The lowest BCUT2D eigenvalue weighted by Gasteiger charge is -2.18. The number of alkyl halides is 3. The lowest BCUT2D eigenvalue weighted by Crippen LogP contribution is -2.38. The second-order valence-electron chi connectivity index (χ2n) is 3.22. The second-order valence-corrected chi connectivity index (χ2v) is 3.22. The first-order valence-corrected chi connectivity index (χ1v) is 4.41. The van der Waals surface area contributed by atoms with Crippen LogP contribution < -0.4 is 4.90 Å². The number of carbonyl (C=O) groups excluding carboxylic acids is 1. The van der Waals surface area contributed by atoms with Crippen molar-refractivity contribution < 1.29 is 27.9 Å². The van der Waals surface area contributed by atoms with Gasteiger partial charge in [-0.2, -0.15) is 13.2 Å². The lowest BCUT2D eigenvalue weighted by molar-refractivity contribution is -0.170. The highest BCUT2D eigenvalue weighted by molar-refractivity contribution is 5.98. The molecule has 92 valence electrons. The zero-order valence-corrected chi connectivity index (χ0v) is 8.65. The first-order valence-electron chi connectivity index (χ1n) is 4.41. The van der Waals surface area contributed by atoms with Crippen molar-refractivity contribution in [3.8, 4) is 0 Å². The molecule has 0 heterocycles. The Morgan fingerprint density at radius 3 is 2.35 bits per heavy atom. The van der Waals surface area contributed by atoms with E-state index < -0.39 is 18.1 Å². The van der Waals surface area contributed by atoms with Crippen LogP contribution in [0.5, 0.6) is 0 Å². The van der Waals surface area contributed by atoms with Crippen LogP contribution in [0.2, 0.25) is 0 Å². The van der Waals surface area contributed by atoms with Crippen LogP contribution in [0.25, 0.3) is 0 Å². The third-order valence-electron chi connectivity index (χ3n) is 2.03. The average molecular weight is 247 g/mol. The van der Waals surface area contributed by atoms with Crippen molar-refractivity contribution in [2.24, 2.45) is 0 Å². The molecule has 1 rings (SSSR count). The van der Waals surface area contributed by atoms with Crippen molar-refractivity contribution in [1.29, 1.82) is 0 Å². The molecule has 1 N–H and O–H groups in total. The van der Waals surface area contributed by atoms with Gasteiger partial charge in [0, 0.05) is 12.7 Å². The molecule has 0 saturated heterocycles. The van der Waals surface area contributed by atoms with Crippen molar-refractivity contribution in [1.82, 2.24) is 0 Å². The van der Waals surface area contributed by atoms with Crippen LogP contribution in [0.15, 0.2) is 24.3 Å². The number of anilines is 1. The van der Waals surface area contributed by atoms with Crippen LogP contribution in [0, 0.1) is 0 Å². The highest BCUT2D eigenvalue weighted by Gasteiger charge is 2.41. The summed E-state index contributed by atoms with van der Waals surface area (Å²) in [6.45, 7) is 0. The Hall–Kier alpha value is -2.05. The minimum atomic E-state index is -4.99. The molecule has 1 aromatic rings. The van der Waals surface area contributed by atoms with Gasteiger partial charge in [-0.05, 0) is 18.2 Å². The van der Waals surface area contributed by atoms with Gasteiger partial charge >= 0.3 is 18.1 Å². The lowest BCUT2D eigenvalue weighted by atomic mass is 10.2. The van der Waals surface area contributed by atoms with Gasteiger partial charge in [-0.1, -0.05) is 6.07 Å². The molecule has 0 aliphatic rings. The highest BCUT2D eigenvalue weighted by atomic mass is 19.4. The van der Waals surface area contributed by atoms with E-state index in [1.165, 1.54) is 18.2 Å². The number of halogens is 3. The molecular weight excluding hydrogens is 239 g/mol. The van der Waals surface area contributed by atoms with E-state index >= 15 is 0 Å². The standard InChI is InChI=1S/C10H8F3NO3/c1-14(9(17)10(11,12)13)7-4-2-3-6(5-7)8(15)16/h2-5H,1H3,(H,15,16). The van der Waals surface area contributed by atoms with E-state index in [9.17, 15) is 22.8 Å². The summed E-state index contributed by atoms with van der Waals surface area (Å²) in [6, 6.07) is 4.69. The number of hydrogen-bond acceptors (Lipinski definition) is 2. The average Bonchev–Trinajstić information content (AvgIpc) is 2.26. The molecule has 0 aliphatic heterocycles. The van der Waals surface area contributed by atoms with Crippen molar-refractivity contribution in [3.05, 3.63) is 29.8 Å². The minimum absolute atomic E-state index is 0.132. The molecule has 0 fully saturated rings. The van der Waals surface area contributed by atoms with Gasteiger partial charge in [-0.3, -0.25) is 4.79 Å². The SMILES string of the molecule is CN(C(=O)C(F)(F)F)c1cccc(C(=O)O)c1. The van der Waals surface area contributed by atoms with E-state index in [2.05, 4.69) is 0 Å². The Morgan fingerprint density at radius 2 is 1.88 bits per heavy atom. The van der Waals surface area contributed by atoms with Gasteiger partial charge in [-0.15, -0.1) is 0 Å². The number of carboxylic acid groups (broad SMARTS) is 1. The summed E-state index contributed by atoms with van der Waals surface area (Å²) >= 11 is 0. The third-order valence-corrected chi connectivity index (χ3v) is 2.03. The largest absolute Gasteiger partial charge is 0.478 e. The van der Waals surface area contributed by atoms with Gasteiger partial charge in [0.15, 0.2) is 0 Å². The quantitative estimate of drug-likeness (QED) is 0.868. The monoisotopic (exact) mass is 247 g/mol. The first-order chi connectivity index (χ1) is 7.73. The summed E-state index contributed by atoms with van der Waals surface area (Å²) in [7, 11) is 0.927. The van der Waals surface area contributed by atoms with E-state index in [4.69, 9.17) is 5.11 Å². The Kier molecular flexibility index (Phi) is 3.40. The van der Waals surface area contributed by atoms with E-state index in [0.717, 1.165) is 13.1 Å². The summed E-state index contributed by atoms with van der Waals surface area (Å²) in [6.07, 6.45) is -4.99. The first kappa shape index (κ1) is 13.0. The maximum absolute atomic E-state index is 12.1. The van der Waals surface area contributed by atoms with Crippen molar-refractivity contribution >= 4 is 17.6 Å². The molecule has 1 aromatic carbocycles. The van der Waals surface area contributed by atoms with Crippen LogP contribution in [0.1, 0.15) is 10.4 Å². The molecule has 0 aromatic heterocycles. The van der Waals surface area contributed by atoms with Gasteiger partial charge in [-0.25, -0.2) is 4.79 Å². The summed E-state index contributed by atoms with van der Waals surface area (Å²) < 4.78 is 36.4. The van der Waals surface area contributed by atoms with E-state index in [-0.39, 0.29) is 11.3 Å². The fourth-order valence-electron chi connectivity index (χ4n) is 1.15. The van der Waals surface area contributed by atoms with Gasteiger partial charge in [0.05, 0.1) is 5.56 Å². The Morgan fingerprint density at radius 1 is 1.29 bits per heavy atom. The van der Waals surface area contributed by atoms with E-state index in [1.807, 2.05) is 0 Å². The van der Waals surface area contributed by atoms with Crippen molar-refractivity contribution in [2.45, 2.75) is 6.18 Å². The summed E-state index contributed by atoms with van der Waals surface area (Å²) in [4.78, 5) is 21.9. The zero-order valence-electron chi connectivity index (χ0n) is 8.65. The molecular formula is C10H8F3NO3. The molecule has 0 bridgehead atoms. The molecule has 7 heteroatoms. The minimum Gasteiger partial charge on any atom is -0.478 e. The number of aromatic carboxylic acids is 1. The normalized spacial score (nSPS) is 11.1. The number of hydrogen-bond donors (Lipinski definition) is 1. The van der Waals surface area contributed by atoms with Crippen molar-refractivity contribution in [2.75, 3.05) is 11.9 Å². The predicted molar refractivity (Wildman–Crippen MR) is 52.9 cm³/mol. The van der Waals surface area contributed by atoms with E-state index in [1.54, 1.807) is 0 Å². The molecule has 0 aliphatic carbocycles. The highest BCUT2D eigenvalue weighted by Crippen LogP contribution is 2.23. The van der Waals surface area contributed by atoms with Crippen LogP contribution in [0.4, 0.5) is 18.9 Å². The number of rotatable bonds is 2. The van der Waals surface area contributed by atoms with Gasteiger partial charge < -0.3 is 10.0 Å². The molecule has 0 spiro atoms. The fourth-order valence-corrected chi connectivity index (χ4v) is 1.15. The number of nitrogens with zero attached hydrogens (tertiary/aromatic N) is 1. The molecule has 0 unspecified atom stereocenters. The zero-order chi connectivity index (χ0) is 13.2. The maximum atomic E-state index is 12.1. The fraction of sp³-hybridized carbons (Fsp3) is 0.200. The molecule has 4 nitrogen and oxygen atoms in total. The summed E-state index contributed by atoms with van der Waals surface area (Å²) in [5.74, 6) is -3.33. The molecule has 0 atom stereocenters. The number of benzene rings is 1. The summed E-state index contributed by atoms with van der Waals surface area (Å²) in [5.41, 5.74) is -0.323.